The molecule has 31 heavy (non-hydrogen) atoms. The minimum atomic E-state index is -0.0122. The summed E-state index contributed by atoms with van der Waals surface area (Å²) in [5.41, 5.74) is 2.32. The highest BCUT2D eigenvalue weighted by molar-refractivity contribution is 9.10. The van der Waals surface area contributed by atoms with E-state index in [0.29, 0.717) is 17.4 Å². The Morgan fingerprint density at radius 3 is 2.58 bits per heavy atom. The standard InChI is InChI=1S/C24H27BrN4O2/c1-2-26-20-4-3-5-21-22(20)24(31)29(16-27-21)15-14-28-12-10-18(11-13-28)23(30)17-6-8-19(25)9-7-17/h3-9,16,18,26H,2,10-15H2,1H3. The van der Waals surface area contributed by atoms with Crippen LogP contribution in [0.1, 0.15) is 30.1 Å². The van der Waals surface area contributed by atoms with Crippen molar-refractivity contribution in [2.45, 2.75) is 26.3 Å². The summed E-state index contributed by atoms with van der Waals surface area (Å²) in [7, 11) is 0. The molecule has 0 unspecified atom stereocenters. The number of Topliss-reactive ketones (excluding diaryl/α,β-unsaturated/α-hetero) is 1. The molecule has 1 N–H and O–H groups in total. The van der Waals surface area contributed by atoms with Crippen LogP contribution < -0.4 is 10.9 Å². The van der Waals surface area contributed by atoms with Crippen LogP contribution in [-0.2, 0) is 6.54 Å². The van der Waals surface area contributed by atoms with Crippen molar-refractivity contribution in [1.82, 2.24) is 14.5 Å². The van der Waals surface area contributed by atoms with Crippen LogP contribution in [0.3, 0.4) is 0 Å². The lowest BCUT2D eigenvalue weighted by molar-refractivity contribution is 0.0837. The number of nitrogens with one attached hydrogen (secondary N) is 1. The summed E-state index contributed by atoms with van der Waals surface area (Å²) >= 11 is 3.41. The number of ketones is 1. The Labute approximate surface area is 190 Å². The Kier molecular flexibility index (Phi) is 6.83. The molecule has 0 spiro atoms. The number of hydrogen-bond acceptors (Lipinski definition) is 5. The number of rotatable bonds is 7. The Balaban J connectivity index is 1.37. The number of carbonyl (C=O) groups excluding carboxylic acids is 1. The Hall–Kier alpha value is -2.51. The number of benzene rings is 2. The van der Waals surface area contributed by atoms with E-state index in [0.717, 1.165) is 54.7 Å². The number of halogens is 1. The van der Waals surface area contributed by atoms with Gasteiger partial charge in [0.2, 0.25) is 0 Å². The first-order valence-corrected chi connectivity index (χ1v) is 11.6. The highest BCUT2D eigenvalue weighted by atomic mass is 79.9. The van der Waals surface area contributed by atoms with E-state index in [4.69, 9.17) is 0 Å². The SMILES string of the molecule is CCNc1cccc2ncn(CCN3CCC(C(=O)c4ccc(Br)cc4)CC3)c(=O)c12. The van der Waals surface area contributed by atoms with E-state index in [1.165, 1.54) is 0 Å². The summed E-state index contributed by atoms with van der Waals surface area (Å²) in [5.74, 6) is 0.309. The second-order valence-corrected chi connectivity index (χ2v) is 8.88. The molecule has 3 aromatic rings. The van der Waals surface area contributed by atoms with E-state index in [1.54, 1.807) is 10.9 Å². The highest BCUT2D eigenvalue weighted by Crippen LogP contribution is 2.23. The van der Waals surface area contributed by atoms with Gasteiger partial charge >= 0.3 is 0 Å². The van der Waals surface area contributed by atoms with Crippen LogP contribution in [0.5, 0.6) is 0 Å². The molecule has 162 valence electrons. The number of piperidine rings is 1. The molecule has 1 aliphatic heterocycles. The van der Waals surface area contributed by atoms with Crippen molar-refractivity contribution in [1.29, 1.82) is 0 Å². The smallest absolute Gasteiger partial charge is 0.263 e. The van der Waals surface area contributed by atoms with Gasteiger partial charge in [0.1, 0.15) is 0 Å². The van der Waals surface area contributed by atoms with Gasteiger partial charge in [0.05, 0.1) is 17.2 Å². The second-order valence-electron chi connectivity index (χ2n) is 7.96. The molecule has 1 aromatic heterocycles. The largest absolute Gasteiger partial charge is 0.385 e. The summed E-state index contributed by atoms with van der Waals surface area (Å²) in [6.45, 7) is 5.86. The number of hydrogen-bond donors (Lipinski definition) is 1. The minimum Gasteiger partial charge on any atom is -0.385 e. The molecule has 6 nitrogen and oxygen atoms in total. The first-order valence-electron chi connectivity index (χ1n) is 10.8. The van der Waals surface area contributed by atoms with Crippen LogP contribution in [0, 0.1) is 5.92 Å². The number of nitrogens with zero attached hydrogens (tertiary/aromatic N) is 3. The van der Waals surface area contributed by atoms with Crippen LogP contribution in [0.15, 0.2) is 58.1 Å². The molecule has 0 radical (unpaired) electrons. The summed E-state index contributed by atoms with van der Waals surface area (Å²) in [5, 5.41) is 3.90. The second kappa shape index (κ2) is 9.75. The Morgan fingerprint density at radius 2 is 1.87 bits per heavy atom. The number of fused-ring (bicyclic) bond motifs is 1. The summed E-state index contributed by atoms with van der Waals surface area (Å²) in [4.78, 5) is 32.6. The Morgan fingerprint density at radius 1 is 1.13 bits per heavy atom. The zero-order valence-corrected chi connectivity index (χ0v) is 19.3. The first kappa shape index (κ1) is 21.7. The molecule has 1 aliphatic rings. The molecular formula is C24H27BrN4O2. The van der Waals surface area contributed by atoms with Crippen LogP contribution in [0.4, 0.5) is 5.69 Å². The molecule has 0 atom stereocenters. The fraction of sp³-hybridized carbons (Fsp3) is 0.375. The molecule has 1 saturated heterocycles. The number of carbonyl (C=O) groups is 1. The molecule has 0 amide bonds. The molecule has 0 bridgehead atoms. The van der Waals surface area contributed by atoms with Gasteiger partial charge in [-0.25, -0.2) is 4.98 Å². The number of likely N-dealkylation sites (tertiary alicyclic amines) is 1. The quantitative estimate of drug-likeness (QED) is 0.511. The number of aromatic nitrogens is 2. The highest BCUT2D eigenvalue weighted by Gasteiger charge is 2.25. The van der Waals surface area contributed by atoms with Gasteiger partial charge in [0.15, 0.2) is 5.78 Å². The lowest BCUT2D eigenvalue weighted by Crippen LogP contribution is -2.39. The maximum Gasteiger partial charge on any atom is 0.263 e. The minimum absolute atomic E-state index is 0.0122. The van der Waals surface area contributed by atoms with Crippen molar-refractivity contribution in [3.05, 3.63) is 69.2 Å². The fourth-order valence-corrected chi connectivity index (χ4v) is 4.48. The van der Waals surface area contributed by atoms with Crippen LogP contribution in [0.2, 0.25) is 0 Å². The average Bonchev–Trinajstić information content (AvgIpc) is 2.79. The maximum atomic E-state index is 13.0. The molecule has 2 aromatic carbocycles. The fourth-order valence-electron chi connectivity index (χ4n) is 4.22. The van der Waals surface area contributed by atoms with Gasteiger partial charge in [-0.1, -0.05) is 34.1 Å². The first-order chi connectivity index (χ1) is 15.1. The van der Waals surface area contributed by atoms with Crippen molar-refractivity contribution in [2.24, 2.45) is 5.92 Å². The summed E-state index contributed by atoms with van der Waals surface area (Å²) < 4.78 is 2.68. The van der Waals surface area contributed by atoms with E-state index in [-0.39, 0.29) is 17.3 Å². The van der Waals surface area contributed by atoms with Gasteiger partial charge in [-0.3, -0.25) is 14.2 Å². The van der Waals surface area contributed by atoms with Gasteiger partial charge in [-0.2, -0.15) is 0 Å². The molecule has 2 heterocycles. The van der Waals surface area contributed by atoms with Crippen molar-refractivity contribution in [2.75, 3.05) is 31.5 Å². The predicted octanol–water partition coefficient (Wildman–Crippen LogP) is 4.19. The van der Waals surface area contributed by atoms with Gasteiger partial charge in [0.25, 0.3) is 5.56 Å². The van der Waals surface area contributed by atoms with E-state index in [1.807, 2.05) is 49.4 Å². The topological polar surface area (TPSA) is 67.2 Å². The van der Waals surface area contributed by atoms with E-state index in [9.17, 15) is 9.59 Å². The molecular weight excluding hydrogens is 456 g/mol. The third kappa shape index (κ3) is 4.88. The lowest BCUT2D eigenvalue weighted by atomic mass is 9.89. The third-order valence-corrected chi connectivity index (χ3v) is 6.49. The van der Waals surface area contributed by atoms with Crippen molar-refractivity contribution in [3.8, 4) is 0 Å². The molecule has 0 aliphatic carbocycles. The van der Waals surface area contributed by atoms with Crippen LogP contribution >= 0.6 is 15.9 Å². The molecule has 7 heteroatoms. The van der Waals surface area contributed by atoms with Crippen molar-refractivity contribution >= 4 is 38.3 Å². The Bertz CT molecular complexity index is 1120. The monoisotopic (exact) mass is 482 g/mol. The van der Waals surface area contributed by atoms with E-state index in [2.05, 4.69) is 31.1 Å². The lowest BCUT2D eigenvalue weighted by Gasteiger charge is -2.31. The normalized spacial score (nSPS) is 15.3. The van der Waals surface area contributed by atoms with Gasteiger partial charge in [-0.15, -0.1) is 0 Å². The van der Waals surface area contributed by atoms with E-state index >= 15 is 0 Å². The van der Waals surface area contributed by atoms with Crippen LogP contribution in [0.25, 0.3) is 10.9 Å². The predicted molar refractivity (Wildman–Crippen MR) is 128 cm³/mol. The zero-order chi connectivity index (χ0) is 21.8. The zero-order valence-electron chi connectivity index (χ0n) is 17.7. The van der Waals surface area contributed by atoms with Gasteiger partial charge < -0.3 is 10.2 Å². The summed E-state index contributed by atoms with van der Waals surface area (Å²) in [6, 6.07) is 13.3. The van der Waals surface area contributed by atoms with Gasteiger partial charge in [-0.05, 0) is 57.1 Å². The summed E-state index contributed by atoms with van der Waals surface area (Å²) in [6.07, 6.45) is 3.35. The van der Waals surface area contributed by atoms with Crippen molar-refractivity contribution < 1.29 is 4.79 Å². The van der Waals surface area contributed by atoms with E-state index < -0.39 is 0 Å². The van der Waals surface area contributed by atoms with Crippen LogP contribution in [-0.4, -0.2) is 46.4 Å². The third-order valence-electron chi connectivity index (χ3n) is 5.96. The van der Waals surface area contributed by atoms with Crippen molar-refractivity contribution in [3.63, 3.8) is 0 Å². The molecule has 1 fully saturated rings. The average molecular weight is 483 g/mol. The maximum absolute atomic E-state index is 13.0. The molecule has 0 saturated carbocycles. The molecule has 4 rings (SSSR count). The number of anilines is 1. The van der Waals surface area contributed by atoms with Gasteiger partial charge in [0, 0.05) is 41.3 Å².